The predicted octanol–water partition coefficient (Wildman–Crippen LogP) is 1.80. The number of amides is 1. The summed E-state index contributed by atoms with van der Waals surface area (Å²) in [4.78, 5) is 18.4. The van der Waals surface area contributed by atoms with Crippen molar-refractivity contribution in [2.45, 2.75) is 59.1 Å². The number of hydrogen-bond acceptors (Lipinski definition) is 4. The molecule has 1 heterocycles. The fraction of sp³-hybridized carbons (Fsp3) is 0.889. The van der Waals surface area contributed by atoms with Gasteiger partial charge in [-0.15, -0.1) is 0 Å². The highest BCUT2D eigenvalue weighted by Crippen LogP contribution is 2.17. The maximum absolute atomic E-state index is 11.6. The van der Waals surface area contributed by atoms with E-state index in [4.69, 9.17) is 4.74 Å². The molecule has 0 saturated carbocycles. The van der Waals surface area contributed by atoms with Crippen molar-refractivity contribution in [1.82, 2.24) is 20.9 Å². The molecule has 1 rings (SSSR count). The zero-order valence-electron chi connectivity index (χ0n) is 16.8. The van der Waals surface area contributed by atoms with Crippen LogP contribution in [0.25, 0.3) is 0 Å². The Morgan fingerprint density at radius 3 is 2.52 bits per heavy atom. The molecule has 1 aliphatic rings. The molecule has 1 saturated heterocycles. The Hall–Kier alpha value is -1.50. The minimum absolute atomic E-state index is 0.395. The van der Waals surface area contributed by atoms with E-state index in [1.165, 1.54) is 19.4 Å². The van der Waals surface area contributed by atoms with Crippen LogP contribution in [0.1, 0.15) is 47.5 Å². The lowest BCUT2D eigenvalue weighted by Gasteiger charge is -2.35. The second-order valence-electron chi connectivity index (χ2n) is 7.91. The number of carbonyl (C=O) groups is 1. The number of rotatable bonds is 6. The highest BCUT2D eigenvalue weighted by atomic mass is 16.6. The molecule has 1 unspecified atom stereocenters. The summed E-state index contributed by atoms with van der Waals surface area (Å²) in [6, 6.07) is 0.610. The van der Waals surface area contributed by atoms with Crippen LogP contribution in [0.3, 0.4) is 0 Å². The number of nitrogens with zero attached hydrogens (tertiary/aromatic N) is 2. The van der Waals surface area contributed by atoms with Crippen LogP contribution in [0, 0.1) is 5.92 Å². The van der Waals surface area contributed by atoms with Crippen molar-refractivity contribution < 1.29 is 9.53 Å². The van der Waals surface area contributed by atoms with Crippen molar-refractivity contribution in [1.29, 1.82) is 0 Å². The molecule has 3 N–H and O–H groups in total. The minimum atomic E-state index is -0.473. The second kappa shape index (κ2) is 10.5. The van der Waals surface area contributed by atoms with Gasteiger partial charge in [-0.05, 0) is 59.9 Å². The summed E-state index contributed by atoms with van der Waals surface area (Å²) in [5.74, 6) is 1.42. The topological polar surface area (TPSA) is 78.0 Å². The molecule has 0 spiro atoms. The van der Waals surface area contributed by atoms with Gasteiger partial charge in [0, 0.05) is 39.3 Å². The summed E-state index contributed by atoms with van der Waals surface area (Å²) >= 11 is 0. The van der Waals surface area contributed by atoms with Gasteiger partial charge in [0.25, 0.3) is 0 Å². The molecule has 0 radical (unpaired) electrons. The normalized spacial score (nSPS) is 19.6. The van der Waals surface area contributed by atoms with Crippen LogP contribution < -0.4 is 16.0 Å². The molecule has 0 aromatic heterocycles. The Bertz CT molecular complexity index is 432. The van der Waals surface area contributed by atoms with E-state index in [-0.39, 0.29) is 0 Å². The van der Waals surface area contributed by atoms with Gasteiger partial charge in [-0.1, -0.05) is 0 Å². The van der Waals surface area contributed by atoms with E-state index in [0.29, 0.717) is 25.0 Å². The Morgan fingerprint density at radius 2 is 1.92 bits per heavy atom. The first-order valence-electron chi connectivity index (χ1n) is 9.36. The average molecular weight is 356 g/mol. The summed E-state index contributed by atoms with van der Waals surface area (Å²) in [5, 5.41) is 9.34. The van der Waals surface area contributed by atoms with Crippen LogP contribution in [0.2, 0.25) is 0 Å². The van der Waals surface area contributed by atoms with Gasteiger partial charge in [0.2, 0.25) is 0 Å². The first-order valence-corrected chi connectivity index (χ1v) is 9.36. The monoisotopic (exact) mass is 355 g/mol. The molecule has 146 valence electrons. The molecular formula is C18H37N5O2. The minimum Gasteiger partial charge on any atom is -0.444 e. The van der Waals surface area contributed by atoms with Gasteiger partial charge >= 0.3 is 6.09 Å². The standard InChI is InChI=1S/C18H37N5O2/c1-14(2)23-11-7-8-15(13-23)12-22-16(19-6)20-9-10-21-17(24)25-18(3,4)5/h14-15H,7-13H2,1-6H3,(H,21,24)(H2,19,20,22). The van der Waals surface area contributed by atoms with Gasteiger partial charge in [0.05, 0.1) is 0 Å². The van der Waals surface area contributed by atoms with Crippen LogP contribution >= 0.6 is 0 Å². The van der Waals surface area contributed by atoms with Gasteiger partial charge in [-0.2, -0.15) is 0 Å². The van der Waals surface area contributed by atoms with Gasteiger partial charge < -0.3 is 25.6 Å². The average Bonchev–Trinajstić information content (AvgIpc) is 2.52. The van der Waals surface area contributed by atoms with Crippen molar-refractivity contribution in [2.75, 3.05) is 39.8 Å². The van der Waals surface area contributed by atoms with Gasteiger partial charge in [-0.25, -0.2) is 4.79 Å². The fourth-order valence-corrected chi connectivity index (χ4v) is 2.85. The van der Waals surface area contributed by atoms with Crippen molar-refractivity contribution in [2.24, 2.45) is 10.9 Å². The number of nitrogens with one attached hydrogen (secondary N) is 3. The van der Waals surface area contributed by atoms with Crippen LogP contribution in [-0.2, 0) is 4.74 Å². The molecule has 0 aliphatic carbocycles. The number of aliphatic imine (C=N–C) groups is 1. The van der Waals surface area contributed by atoms with Crippen LogP contribution in [0.5, 0.6) is 0 Å². The third-order valence-corrected chi connectivity index (χ3v) is 4.15. The molecule has 0 aromatic rings. The van der Waals surface area contributed by atoms with Crippen LogP contribution in [-0.4, -0.2) is 68.4 Å². The van der Waals surface area contributed by atoms with E-state index in [9.17, 15) is 4.79 Å². The molecule has 0 bridgehead atoms. The molecule has 1 fully saturated rings. The molecule has 25 heavy (non-hydrogen) atoms. The zero-order valence-corrected chi connectivity index (χ0v) is 16.8. The van der Waals surface area contributed by atoms with Crippen molar-refractivity contribution >= 4 is 12.1 Å². The second-order valence-corrected chi connectivity index (χ2v) is 7.91. The summed E-state index contributed by atoms with van der Waals surface area (Å²) < 4.78 is 5.20. The molecule has 7 heteroatoms. The fourth-order valence-electron chi connectivity index (χ4n) is 2.85. The summed E-state index contributed by atoms with van der Waals surface area (Å²) in [5.41, 5.74) is -0.473. The largest absolute Gasteiger partial charge is 0.444 e. The van der Waals surface area contributed by atoms with E-state index in [2.05, 4.69) is 39.7 Å². The van der Waals surface area contributed by atoms with E-state index in [1.54, 1.807) is 7.05 Å². The number of hydrogen-bond donors (Lipinski definition) is 3. The molecule has 0 aromatic carbocycles. The SMILES string of the molecule is CN=C(NCCNC(=O)OC(C)(C)C)NCC1CCCN(C(C)C)C1. The van der Waals surface area contributed by atoms with Gasteiger partial charge in [0.1, 0.15) is 5.60 Å². The first-order chi connectivity index (χ1) is 11.7. The Balaban J connectivity index is 2.21. The quantitative estimate of drug-likeness (QED) is 0.385. The lowest BCUT2D eigenvalue weighted by atomic mass is 9.97. The lowest BCUT2D eigenvalue weighted by Crippen LogP contribution is -2.47. The maximum Gasteiger partial charge on any atom is 0.407 e. The number of piperidine rings is 1. The maximum atomic E-state index is 11.6. The zero-order chi connectivity index (χ0) is 18.9. The summed E-state index contributed by atoms with van der Waals surface area (Å²) in [6.45, 7) is 14.4. The lowest BCUT2D eigenvalue weighted by molar-refractivity contribution is 0.0529. The Labute approximate surface area is 153 Å². The molecule has 1 amide bonds. The molecule has 7 nitrogen and oxygen atoms in total. The van der Waals surface area contributed by atoms with E-state index < -0.39 is 11.7 Å². The number of likely N-dealkylation sites (tertiary alicyclic amines) is 1. The molecular weight excluding hydrogens is 318 g/mol. The number of ether oxygens (including phenoxy) is 1. The highest BCUT2D eigenvalue weighted by Gasteiger charge is 2.21. The first kappa shape index (κ1) is 21.5. The van der Waals surface area contributed by atoms with Crippen molar-refractivity contribution in [3.05, 3.63) is 0 Å². The molecule has 1 aliphatic heterocycles. The third-order valence-electron chi connectivity index (χ3n) is 4.15. The summed E-state index contributed by atoms with van der Waals surface area (Å²) in [6.07, 6.45) is 2.12. The molecule has 1 atom stereocenters. The Morgan fingerprint density at radius 1 is 1.24 bits per heavy atom. The highest BCUT2D eigenvalue weighted by molar-refractivity contribution is 5.79. The van der Waals surface area contributed by atoms with E-state index in [0.717, 1.165) is 19.0 Å². The predicted molar refractivity (Wildman–Crippen MR) is 103 cm³/mol. The van der Waals surface area contributed by atoms with Crippen molar-refractivity contribution in [3.63, 3.8) is 0 Å². The summed E-state index contributed by atoms with van der Waals surface area (Å²) in [7, 11) is 1.76. The number of guanidine groups is 1. The van der Waals surface area contributed by atoms with Gasteiger partial charge in [-0.3, -0.25) is 4.99 Å². The van der Waals surface area contributed by atoms with E-state index >= 15 is 0 Å². The number of alkyl carbamates (subject to hydrolysis) is 1. The van der Waals surface area contributed by atoms with Gasteiger partial charge in [0.15, 0.2) is 5.96 Å². The van der Waals surface area contributed by atoms with Crippen molar-refractivity contribution in [3.8, 4) is 0 Å². The smallest absolute Gasteiger partial charge is 0.407 e. The third kappa shape index (κ3) is 9.53. The van der Waals surface area contributed by atoms with E-state index in [1.807, 2.05) is 20.8 Å². The Kier molecular flexibility index (Phi) is 9.03. The number of carbonyl (C=O) groups excluding carboxylic acids is 1. The van der Waals surface area contributed by atoms with Crippen LogP contribution in [0.4, 0.5) is 4.79 Å². The van der Waals surface area contributed by atoms with Crippen LogP contribution in [0.15, 0.2) is 4.99 Å².